The van der Waals surface area contributed by atoms with E-state index in [0.29, 0.717) is 0 Å². The number of aliphatic hydroxyl groups is 1. The highest BCUT2D eigenvalue weighted by molar-refractivity contribution is 9.10. The van der Waals surface area contributed by atoms with Crippen molar-refractivity contribution in [2.24, 2.45) is 5.41 Å². The standard InChI is InChI=1S/C16H23BrO2/c1-10-9-12(17)11(2)13(14(10)19-4)15(18)16(3)7-5-6-8-16/h9,15,18H,5-8H2,1-4H3. The summed E-state index contributed by atoms with van der Waals surface area (Å²) >= 11 is 3.59. The number of benzene rings is 1. The quantitative estimate of drug-likeness (QED) is 0.873. The molecule has 1 unspecified atom stereocenters. The third-order valence-corrected chi connectivity index (χ3v) is 5.42. The first-order chi connectivity index (χ1) is 8.90. The van der Waals surface area contributed by atoms with Crippen molar-refractivity contribution in [3.63, 3.8) is 0 Å². The van der Waals surface area contributed by atoms with E-state index in [1.54, 1.807) is 7.11 Å². The predicted octanol–water partition coefficient (Wildman–Crippen LogP) is 4.69. The number of ether oxygens (including phenoxy) is 1. The largest absolute Gasteiger partial charge is 0.496 e. The fourth-order valence-corrected chi connectivity index (χ4v) is 3.84. The molecule has 0 saturated heterocycles. The zero-order chi connectivity index (χ0) is 14.2. The van der Waals surface area contributed by atoms with E-state index in [2.05, 4.69) is 28.9 Å². The number of hydrogen-bond donors (Lipinski definition) is 1. The Kier molecular flexibility index (Phi) is 4.26. The zero-order valence-corrected chi connectivity index (χ0v) is 13.8. The van der Waals surface area contributed by atoms with Crippen LogP contribution in [-0.2, 0) is 0 Å². The third-order valence-electron chi connectivity index (χ3n) is 4.59. The Labute approximate surface area is 124 Å². The van der Waals surface area contributed by atoms with Crippen LogP contribution in [0.5, 0.6) is 5.75 Å². The Morgan fingerprint density at radius 2 is 1.89 bits per heavy atom. The summed E-state index contributed by atoms with van der Waals surface area (Å²) < 4.78 is 6.60. The summed E-state index contributed by atoms with van der Waals surface area (Å²) in [5.41, 5.74) is 3.09. The van der Waals surface area contributed by atoms with Crippen LogP contribution in [0.3, 0.4) is 0 Å². The van der Waals surface area contributed by atoms with Gasteiger partial charge < -0.3 is 9.84 Å². The summed E-state index contributed by atoms with van der Waals surface area (Å²) in [5, 5.41) is 10.9. The minimum Gasteiger partial charge on any atom is -0.496 e. The van der Waals surface area contributed by atoms with Gasteiger partial charge in [0, 0.05) is 10.0 Å². The third kappa shape index (κ3) is 2.55. The zero-order valence-electron chi connectivity index (χ0n) is 12.2. The molecule has 2 nitrogen and oxygen atoms in total. The second-order valence-corrected chi connectivity index (χ2v) is 6.87. The summed E-state index contributed by atoms with van der Waals surface area (Å²) in [4.78, 5) is 0. The van der Waals surface area contributed by atoms with Gasteiger partial charge in [-0.3, -0.25) is 0 Å². The number of rotatable bonds is 3. The fourth-order valence-electron chi connectivity index (χ4n) is 3.28. The number of methoxy groups -OCH3 is 1. The lowest BCUT2D eigenvalue weighted by molar-refractivity contribution is 0.0382. The maximum atomic E-state index is 10.9. The molecule has 1 atom stereocenters. The fraction of sp³-hybridized carbons (Fsp3) is 0.625. The summed E-state index contributed by atoms with van der Waals surface area (Å²) in [6.07, 6.45) is 4.13. The first kappa shape index (κ1) is 14.9. The molecule has 1 aromatic carbocycles. The molecule has 0 radical (unpaired) electrons. The maximum absolute atomic E-state index is 10.9. The van der Waals surface area contributed by atoms with Crippen LogP contribution >= 0.6 is 15.9 Å². The minimum atomic E-state index is -0.457. The molecule has 0 aromatic heterocycles. The van der Waals surface area contributed by atoms with Crippen molar-refractivity contribution in [2.45, 2.75) is 52.6 Å². The lowest BCUT2D eigenvalue weighted by atomic mass is 9.77. The molecule has 106 valence electrons. The lowest BCUT2D eigenvalue weighted by Gasteiger charge is -2.33. The van der Waals surface area contributed by atoms with Gasteiger partial charge in [0.1, 0.15) is 5.75 Å². The average Bonchev–Trinajstić information content (AvgIpc) is 2.81. The Hall–Kier alpha value is -0.540. The van der Waals surface area contributed by atoms with Crippen molar-refractivity contribution in [1.29, 1.82) is 0 Å². The van der Waals surface area contributed by atoms with Gasteiger partial charge in [-0.15, -0.1) is 0 Å². The van der Waals surface area contributed by atoms with Crippen molar-refractivity contribution < 1.29 is 9.84 Å². The van der Waals surface area contributed by atoms with E-state index >= 15 is 0 Å². The molecular weight excluding hydrogens is 304 g/mol. The van der Waals surface area contributed by atoms with Crippen molar-refractivity contribution in [2.75, 3.05) is 7.11 Å². The van der Waals surface area contributed by atoms with Gasteiger partial charge in [0.2, 0.25) is 0 Å². The summed E-state index contributed by atoms with van der Waals surface area (Å²) in [5.74, 6) is 0.835. The maximum Gasteiger partial charge on any atom is 0.127 e. The van der Waals surface area contributed by atoms with Crippen LogP contribution in [0, 0.1) is 19.3 Å². The van der Waals surface area contributed by atoms with E-state index in [1.165, 1.54) is 12.8 Å². The van der Waals surface area contributed by atoms with E-state index in [4.69, 9.17) is 4.74 Å². The topological polar surface area (TPSA) is 29.5 Å². The van der Waals surface area contributed by atoms with Crippen LogP contribution in [0.4, 0.5) is 0 Å². The first-order valence-corrected chi connectivity index (χ1v) is 7.71. The molecular formula is C16H23BrO2. The number of aliphatic hydroxyl groups excluding tert-OH is 1. The number of aryl methyl sites for hydroxylation is 1. The Morgan fingerprint density at radius 1 is 1.32 bits per heavy atom. The Morgan fingerprint density at radius 3 is 2.42 bits per heavy atom. The Balaban J connectivity index is 2.54. The molecule has 19 heavy (non-hydrogen) atoms. The Bertz CT molecular complexity index is 476. The van der Waals surface area contributed by atoms with Gasteiger partial charge in [-0.25, -0.2) is 0 Å². The van der Waals surface area contributed by atoms with Gasteiger partial charge in [-0.1, -0.05) is 35.7 Å². The summed E-state index contributed by atoms with van der Waals surface area (Å²) in [6.45, 7) is 6.26. The number of halogens is 1. The van der Waals surface area contributed by atoms with Gasteiger partial charge in [-0.05, 0) is 49.3 Å². The smallest absolute Gasteiger partial charge is 0.127 e. The van der Waals surface area contributed by atoms with E-state index in [0.717, 1.165) is 39.8 Å². The molecule has 0 aliphatic heterocycles. The van der Waals surface area contributed by atoms with Crippen molar-refractivity contribution in [3.05, 3.63) is 27.2 Å². The molecule has 1 aliphatic rings. The van der Waals surface area contributed by atoms with Crippen molar-refractivity contribution >= 4 is 15.9 Å². The van der Waals surface area contributed by atoms with Crippen molar-refractivity contribution in [1.82, 2.24) is 0 Å². The monoisotopic (exact) mass is 326 g/mol. The van der Waals surface area contributed by atoms with E-state index in [1.807, 2.05) is 13.8 Å². The summed E-state index contributed by atoms with van der Waals surface area (Å²) in [6, 6.07) is 2.06. The molecule has 0 bridgehead atoms. The molecule has 1 aliphatic carbocycles. The summed E-state index contributed by atoms with van der Waals surface area (Å²) in [7, 11) is 1.68. The highest BCUT2D eigenvalue weighted by Crippen LogP contribution is 2.51. The second-order valence-electron chi connectivity index (χ2n) is 6.01. The molecule has 0 spiro atoms. The van der Waals surface area contributed by atoms with Crippen molar-refractivity contribution in [3.8, 4) is 5.75 Å². The normalized spacial score (nSPS) is 19.5. The molecule has 1 aromatic rings. The average molecular weight is 327 g/mol. The van der Waals surface area contributed by atoms with E-state index in [9.17, 15) is 5.11 Å². The first-order valence-electron chi connectivity index (χ1n) is 6.92. The SMILES string of the molecule is COc1c(C)cc(Br)c(C)c1C(O)C1(C)CCCC1. The number of hydrogen-bond acceptors (Lipinski definition) is 2. The van der Waals surface area contributed by atoms with Crippen LogP contribution in [0.2, 0.25) is 0 Å². The van der Waals surface area contributed by atoms with E-state index < -0.39 is 6.10 Å². The predicted molar refractivity (Wildman–Crippen MR) is 81.7 cm³/mol. The molecule has 2 rings (SSSR count). The van der Waals surface area contributed by atoms with Crippen LogP contribution in [-0.4, -0.2) is 12.2 Å². The van der Waals surface area contributed by atoms with Gasteiger partial charge in [0.15, 0.2) is 0 Å². The second kappa shape index (κ2) is 5.45. The minimum absolute atomic E-state index is 0.0225. The highest BCUT2D eigenvalue weighted by Gasteiger charge is 2.39. The van der Waals surface area contributed by atoms with Crippen LogP contribution in [0.15, 0.2) is 10.5 Å². The molecule has 0 amide bonds. The van der Waals surface area contributed by atoms with Gasteiger partial charge in [0.25, 0.3) is 0 Å². The molecule has 3 heteroatoms. The highest BCUT2D eigenvalue weighted by atomic mass is 79.9. The molecule has 1 fully saturated rings. The van der Waals surface area contributed by atoms with Gasteiger partial charge in [0.05, 0.1) is 13.2 Å². The van der Waals surface area contributed by atoms with E-state index in [-0.39, 0.29) is 5.41 Å². The van der Waals surface area contributed by atoms with Gasteiger partial charge in [-0.2, -0.15) is 0 Å². The molecule has 0 heterocycles. The van der Waals surface area contributed by atoms with Crippen LogP contribution in [0.25, 0.3) is 0 Å². The van der Waals surface area contributed by atoms with Gasteiger partial charge >= 0.3 is 0 Å². The molecule has 1 N–H and O–H groups in total. The van der Waals surface area contributed by atoms with Crippen LogP contribution in [0.1, 0.15) is 55.4 Å². The molecule has 1 saturated carbocycles. The van der Waals surface area contributed by atoms with Crippen LogP contribution < -0.4 is 4.74 Å². The lowest BCUT2D eigenvalue weighted by Crippen LogP contribution is -2.23.